The number of hydrogen-bond acceptors (Lipinski definition) is 3. The van der Waals surface area contributed by atoms with Crippen molar-refractivity contribution in [3.05, 3.63) is 23.8 Å². The molecule has 0 saturated carbocycles. The second kappa shape index (κ2) is 7.52. The lowest BCUT2D eigenvalue weighted by atomic mass is 10.00. The van der Waals surface area contributed by atoms with Crippen LogP contribution in [0, 0.1) is 5.92 Å². The van der Waals surface area contributed by atoms with E-state index >= 15 is 0 Å². The molecule has 1 aromatic rings. The summed E-state index contributed by atoms with van der Waals surface area (Å²) in [5.41, 5.74) is 1.05. The number of rotatable bonds is 6. The Labute approximate surface area is 133 Å². The van der Waals surface area contributed by atoms with Gasteiger partial charge in [0.25, 0.3) is 0 Å². The van der Waals surface area contributed by atoms with Crippen molar-refractivity contribution in [1.29, 1.82) is 0 Å². The molecule has 0 bridgehead atoms. The van der Waals surface area contributed by atoms with Crippen molar-refractivity contribution in [1.82, 2.24) is 4.90 Å². The maximum Gasteiger partial charge on any atom is 0.225 e. The molecule has 1 aliphatic heterocycles. The van der Waals surface area contributed by atoms with Gasteiger partial charge in [-0.15, -0.1) is 0 Å². The smallest absolute Gasteiger partial charge is 0.225 e. The second-order valence-electron chi connectivity index (χ2n) is 5.99. The topological polar surface area (TPSA) is 38.8 Å². The number of amides is 1. The molecule has 2 unspecified atom stereocenters. The van der Waals surface area contributed by atoms with Crippen molar-refractivity contribution in [2.24, 2.45) is 5.92 Å². The fourth-order valence-electron chi connectivity index (χ4n) is 3.29. The molecule has 2 rings (SSSR count). The molecule has 1 aromatic carbocycles. The highest BCUT2D eigenvalue weighted by atomic mass is 16.5. The number of hydrogen-bond donors (Lipinski definition) is 0. The molecule has 0 N–H and O–H groups in total. The Morgan fingerprint density at radius 1 is 1.36 bits per heavy atom. The Morgan fingerprint density at radius 3 is 2.77 bits per heavy atom. The van der Waals surface area contributed by atoms with Gasteiger partial charge in [-0.2, -0.15) is 0 Å². The highest BCUT2D eigenvalue weighted by Gasteiger charge is 2.33. The number of benzene rings is 1. The maximum atomic E-state index is 12.7. The van der Waals surface area contributed by atoms with E-state index < -0.39 is 0 Å². The normalized spacial score (nSPS) is 19.1. The Balaban J connectivity index is 2.28. The number of nitrogens with zero attached hydrogens (tertiary/aromatic N) is 1. The van der Waals surface area contributed by atoms with Gasteiger partial charge >= 0.3 is 0 Å². The predicted octanol–water partition coefficient (Wildman–Crippen LogP) is 3.80. The molecule has 22 heavy (non-hydrogen) atoms. The van der Waals surface area contributed by atoms with Crippen LogP contribution < -0.4 is 9.47 Å². The zero-order chi connectivity index (χ0) is 16.1. The summed E-state index contributed by atoms with van der Waals surface area (Å²) in [7, 11) is 3.33. The van der Waals surface area contributed by atoms with Crippen molar-refractivity contribution in [3.8, 4) is 11.5 Å². The average molecular weight is 305 g/mol. The van der Waals surface area contributed by atoms with Crippen LogP contribution in [0.2, 0.25) is 0 Å². The van der Waals surface area contributed by atoms with Crippen LogP contribution in [-0.2, 0) is 4.79 Å². The van der Waals surface area contributed by atoms with E-state index in [4.69, 9.17) is 9.47 Å². The molecule has 1 amide bonds. The van der Waals surface area contributed by atoms with E-state index in [9.17, 15) is 4.79 Å². The Bertz CT molecular complexity index is 515. The quantitative estimate of drug-likeness (QED) is 0.802. The fraction of sp³-hybridized carbons (Fsp3) is 0.611. The summed E-state index contributed by atoms with van der Waals surface area (Å²) in [5.74, 6) is 1.97. The SMILES string of the molecule is CCCC(C)C(=O)N1CCCC1c1cc(OC)ccc1OC. The summed E-state index contributed by atoms with van der Waals surface area (Å²) in [6, 6.07) is 5.91. The van der Waals surface area contributed by atoms with Crippen molar-refractivity contribution in [2.75, 3.05) is 20.8 Å². The molecule has 4 heteroatoms. The monoisotopic (exact) mass is 305 g/mol. The lowest BCUT2D eigenvalue weighted by Crippen LogP contribution is -2.34. The molecule has 4 nitrogen and oxygen atoms in total. The Hall–Kier alpha value is -1.71. The zero-order valence-electron chi connectivity index (χ0n) is 14.1. The first-order valence-corrected chi connectivity index (χ1v) is 8.14. The lowest BCUT2D eigenvalue weighted by Gasteiger charge is -2.29. The van der Waals surface area contributed by atoms with Crippen LogP contribution >= 0.6 is 0 Å². The van der Waals surface area contributed by atoms with Gasteiger partial charge in [-0.25, -0.2) is 0 Å². The van der Waals surface area contributed by atoms with Gasteiger partial charge in [-0.05, 0) is 37.5 Å². The number of likely N-dealkylation sites (tertiary alicyclic amines) is 1. The van der Waals surface area contributed by atoms with Crippen LogP contribution in [0.15, 0.2) is 18.2 Å². The molecule has 0 aliphatic carbocycles. The first-order chi connectivity index (χ1) is 10.6. The Morgan fingerprint density at radius 2 is 2.14 bits per heavy atom. The minimum atomic E-state index is 0.0854. The number of ether oxygens (including phenoxy) is 2. The van der Waals surface area contributed by atoms with Crippen molar-refractivity contribution < 1.29 is 14.3 Å². The highest BCUT2D eigenvalue weighted by Crippen LogP contribution is 2.39. The molecule has 0 spiro atoms. The molecule has 122 valence electrons. The third kappa shape index (κ3) is 3.37. The molecule has 1 saturated heterocycles. The highest BCUT2D eigenvalue weighted by molar-refractivity contribution is 5.79. The van der Waals surface area contributed by atoms with Gasteiger partial charge in [-0.1, -0.05) is 20.3 Å². The van der Waals surface area contributed by atoms with E-state index in [1.165, 1.54) is 0 Å². The van der Waals surface area contributed by atoms with Gasteiger partial charge in [0.15, 0.2) is 0 Å². The van der Waals surface area contributed by atoms with E-state index in [1.807, 2.05) is 30.0 Å². The summed E-state index contributed by atoms with van der Waals surface area (Å²) in [4.78, 5) is 14.8. The maximum absolute atomic E-state index is 12.7. The van der Waals surface area contributed by atoms with Crippen LogP contribution in [0.25, 0.3) is 0 Å². The van der Waals surface area contributed by atoms with Crippen LogP contribution in [-0.4, -0.2) is 31.6 Å². The summed E-state index contributed by atoms with van der Waals surface area (Å²) in [6.45, 7) is 4.98. The first kappa shape index (κ1) is 16.7. The van der Waals surface area contributed by atoms with Crippen LogP contribution in [0.3, 0.4) is 0 Å². The van der Waals surface area contributed by atoms with E-state index in [2.05, 4.69) is 6.92 Å². The predicted molar refractivity (Wildman–Crippen MR) is 87.3 cm³/mol. The van der Waals surface area contributed by atoms with Crippen LogP contribution in [0.1, 0.15) is 51.1 Å². The van der Waals surface area contributed by atoms with Gasteiger partial charge < -0.3 is 14.4 Å². The third-order valence-electron chi connectivity index (χ3n) is 4.48. The van der Waals surface area contributed by atoms with Crippen molar-refractivity contribution in [2.45, 2.75) is 45.6 Å². The molecule has 1 heterocycles. The van der Waals surface area contributed by atoms with Crippen LogP contribution in [0.5, 0.6) is 11.5 Å². The fourth-order valence-corrected chi connectivity index (χ4v) is 3.29. The largest absolute Gasteiger partial charge is 0.497 e. The van der Waals surface area contributed by atoms with Gasteiger partial charge in [0, 0.05) is 18.0 Å². The molecule has 1 fully saturated rings. The van der Waals surface area contributed by atoms with Crippen LogP contribution in [0.4, 0.5) is 0 Å². The van der Waals surface area contributed by atoms with Crippen molar-refractivity contribution in [3.63, 3.8) is 0 Å². The van der Waals surface area contributed by atoms with E-state index in [-0.39, 0.29) is 17.9 Å². The summed E-state index contributed by atoms with van der Waals surface area (Å²) in [6.07, 6.45) is 3.99. The van der Waals surface area contributed by atoms with E-state index in [0.717, 1.165) is 49.3 Å². The molecule has 0 radical (unpaired) electrons. The lowest BCUT2D eigenvalue weighted by molar-refractivity contribution is -0.136. The van der Waals surface area contributed by atoms with Gasteiger partial charge in [0.2, 0.25) is 5.91 Å². The molecular formula is C18H27NO3. The van der Waals surface area contributed by atoms with E-state index in [1.54, 1.807) is 14.2 Å². The molecule has 2 atom stereocenters. The molecular weight excluding hydrogens is 278 g/mol. The summed E-state index contributed by atoms with van der Waals surface area (Å²) in [5, 5.41) is 0. The molecule has 1 aliphatic rings. The van der Waals surface area contributed by atoms with Gasteiger partial charge in [0.1, 0.15) is 11.5 Å². The van der Waals surface area contributed by atoms with Gasteiger partial charge in [0.05, 0.1) is 20.3 Å². The average Bonchev–Trinajstić information content (AvgIpc) is 3.03. The number of methoxy groups -OCH3 is 2. The summed E-state index contributed by atoms with van der Waals surface area (Å²) >= 11 is 0. The number of carbonyl (C=O) groups excluding carboxylic acids is 1. The molecule has 0 aromatic heterocycles. The standard InChI is InChI=1S/C18H27NO3/c1-5-7-13(2)18(20)19-11-6-8-16(19)15-12-14(21-3)9-10-17(15)22-4/h9-10,12-13,16H,5-8,11H2,1-4H3. The third-order valence-corrected chi connectivity index (χ3v) is 4.48. The van der Waals surface area contributed by atoms with E-state index in [0.29, 0.717) is 0 Å². The Kier molecular flexibility index (Phi) is 5.69. The zero-order valence-corrected chi connectivity index (χ0v) is 14.1. The summed E-state index contributed by atoms with van der Waals surface area (Å²) < 4.78 is 10.8. The van der Waals surface area contributed by atoms with Gasteiger partial charge in [-0.3, -0.25) is 4.79 Å². The number of carbonyl (C=O) groups is 1. The minimum Gasteiger partial charge on any atom is -0.497 e. The first-order valence-electron chi connectivity index (χ1n) is 8.14. The van der Waals surface area contributed by atoms with Crippen molar-refractivity contribution >= 4 is 5.91 Å². The second-order valence-corrected chi connectivity index (χ2v) is 5.99. The minimum absolute atomic E-state index is 0.0854.